The van der Waals surface area contributed by atoms with Gasteiger partial charge < -0.3 is 4.74 Å². The van der Waals surface area contributed by atoms with Crippen LogP contribution < -0.4 is 4.90 Å². The molecule has 0 N–H and O–H groups in total. The number of ether oxygens (including phenoxy) is 1. The van der Waals surface area contributed by atoms with Gasteiger partial charge in [0.1, 0.15) is 31.9 Å². The van der Waals surface area contributed by atoms with Crippen molar-refractivity contribution in [3.05, 3.63) is 46.3 Å². The van der Waals surface area contributed by atoms with Gasteiger partial charge in [-0.25, -0.2) is 19.7 Å². The van der Waals surface area contributed by atoms with E-state index in [2.05, 4.69) is 33.9 Å². The van der Waals surface area contributed by atoms with Crippen molar-refractivity contribution in [3.63, 3.8) is 0 Å². The molecule has 162 valence electrons. The maximum Gasteiger partial charge on any atom is 0.416 e. The third kappa shape index (κ3) is 4.47. The molecule has 0 unspecified atom stereocenters. The van der Waals surface area contributed by atoms with E-state index in [-0.39, 0.29) is 17.6 Å². The lowest BCUT2D eigenvalue weighted by Gasteiger charge is -2.27. The fourth-order valence-electron chi connectivity index (χ4n) is 3.11. The number of halogens is 1. The summed E-state index contributed by atoms with van der Waals surface area (Å²) in [6.07, 6.45) is 2.95. The Kier molecular flexibility index (Phi) is 5.57. The van der Waals surface area contributed by atoms with Gasteiger partial charge in [-0.1, -0.05) is 36.8 Å². The first kappa shape index (κ1) is 21.5. The highest BCUT2D eigenvalue weighted by Gasteiger charge is 2.28. The highest BCUT2D eigenvalue weighted by atomic mass is 35.5. The quantitative estimate of drug-likeness (QED) is 0.378. The van der Waals surface area contributed by atoms with Gasteiger partial charge in [0.25, 0.3) is 0 Å². The van der Waals surface area contributed by atoms with Gasteiger partial charge in [0.05, 0.1) is 12.7 Å². The molecule has 0 saturated heterocycles. The summed E-state index contributed by atoms with van der Waals surface area (Å²) >= 11 is 7.78. The number of thiazole rings is 1. The summed E-state index contributed by atoms with van der Waals surface area (Å²) < 4.78 is 7.31. The van der Waals surface area contributed by atoms with E-state index in [1.165, 1.54) is 16.2 Å². The number of aromatic nitrogens is 5. The Bertz CT molecular complexity index is 1230. The summed E-state index contributed by atoms with van der Waals surface area (Å²) in [4.78, 5) is 28.9. The first-order valence-corrected chi connectivity index (χ1v) is 11.1. The minimum atomic E-state index is -0.673. The molecule has 0 aliphatic rings. The smallest absolute Gasteiger partial charge is 0.416 e. The van der Waals surface area contributed by atoms with E-state index < -0.39 is 11.7 Å². The van der Waals surface area contributed by atoms with Crippen molar-refractivity contribution >= 4 is 50.8 Å². The van der Waals surface area contributed by atoms with Gasteiger partial charge in [0.2, 0.25) is 0 Å². The van der Waals surface area contributed by atoms with Crippen LogP contribution in [0.2, 0.25) is 5.15 Å². The maximum absolute atomic E-state index is 13.2. The van der Waals surface area contributed by atoms with Gasteiger partial charge in [0, 0.05) is 17.8 Å². The molecule has 0 spiro atoms. The molecule has 0 aromatic carbocycles. The van der Waals surface area contributed by atoms with Crippen LogP contribution in [0, 0.1) is 0 Å². The van der Waals surface area contributed by atoms with Crippen molar-refractivity contribution in [1.82, 2.24) is 24.6 Å². The van der Waals surface area contributed by atoms with Crippen molar-refractivity contribution in [2.24, 2.45) is 0 Å². The Morgan fingerprint density at radius 2 is 2.10 bits per heavy atom. The zero-order chi connectivity index (χ0) is 22.3. The molecule has 0 saturated carbocycles. The number of hydrogen-bond acceptors (Lipinski definition) is 7. The normalized spacial score (nSPS) is 12.1. The van der Waals surface area contributed by atoms with Crippen molar-refractivity contribution in [3.8, 4) is 0 Å². The van der Waals surface area contributed by atoms with Gasteiger partial charge in [-0.2, -0.15) is 9.61 Å². The average Bonchev–Trinajstić information content (AvgIpc) is 3.27. The minimum absolute atomic E-state index is 0.183. The number of amides is 1. The maximum atomic E-state index is 13.2. The molecular weight excluding hydrogens is 436 g/mol. The van der Waals surface area contributed by atoms with Gasteiger partial charge in [0.15, 0.2) is 5.65 Å². The van der Waals surface area contributed by atoms with E-state index in [1.54, 1.807) is 23.0 Å². The Morgan fingerprint density at radius 3 is 2.77 bits per heavy atom. The number of fused-ring (bicyclic) bond motifs is 2. The van der Waals surface area contributed by atoms with Crippen LogP contribution in [-0.4, -0.2) is 36.3 Å². The molecular formula is C21H23ClN6O2S. The number of nitrogens with zero attached hydrogens (tertiary/aromatic N) is 6. The summed E-state index contributed by atoms with van der Waals surface area (Å²) in [6.45, 7) is 9.76. The zero-order valence-electron chi connectivity index (χ0n) is 18.0. The second kappa shape index (κ2) is 8.05. The van der Waals surface area contributed by atoms with E-state index >= 15 is 0 Å². The summed E-state index contributed by atoms with van der Waals surface area (Å²) in [5, 5.41) is 5.47. The van der Waals surface area contributed by atoms with Crippen LogP contribution in [0.25, 0.3) is 16.0 Å². The molecule has 0 radical (unpaired) electrons. The SMILES string of the molecule is CC(C)c1cnn2c(N(Cc3nc4cccnc4s3)C(=O)OC(C)(C)C)cc(Cl)nc12. The minimum Gasteiger partial charge on any atom is -0.443 e. The fourth-order valence-corrected chi connectivity index (χ4v) is 4.18. The number of anilines is 1. The van der Waals surface area contributed by atoms with Crippen molar-refractivity contribution in [2.75, 3.05) is 4.90 Å². The Balaban J connectivity index is 1.83. The largest absolute Gasteiger partial charge is 0.443 e. The predicted molar refractivity (Wildman–Crippen MR) is 122 cm³/mol. The summed E-state index contributed by atoms with van der Waals surface area (Å²) in [5.41, 5.74) is 1.66. The Morgan fingerprint density at radius 1 is 1.32 bits per heavy atom. The molecule has 0 fully saturated rings. The van der Waals surface area contributed by atoms with Crippen molar-refractivity contribution in [1.29, 1.82) is 0 Å². The second-order valence-electron chi connectivity index (χ2n) is 8.43. The molecule has 1 amide bonds. The second-order valence-corrected chi connectivity index (χ2v) is 9.88. The average molecular weight is 459 g/mol. The van der Waals surface area contributed by atoms with Crippen molar-refractivity contribution in [2.45, 2.75) is 52.7 Å². The molecule has 0 aliphatic carbocycles. The highest BCUT2D eigenvalue weighted by molar-refractivity contribution is 7.18. The molecule has 31 heavy (non-hydrogen) atoms. The summed E-state index contributed by atoms with van der Waals surface area (Å²) in [7, 11) is 0. The van der Waals surface area contributed by atoms with Gasteiger partial charge in [-0.3, -0.25) is 4.90 Å². The van der Waals surface area contributed by atoms with E-state index in [4.69, 9.17) is 16.3 Å². The number of carbonyl (C=O) groups excluding carboxylic acids is 1. The third-order valence-corrected chi connectivity index (χ3v) is 5.62. The fraction of sp³-hybridized carbons (Fsp3) is 0.381. The molecule has 10 heteroatoms. The number of pyridine rings is 1. The van der Waals surface area contributed by atoms with Crippen LogP contribution >= 0.6 is 22.9 Å². The van der Waals surface area contributed by atoms with Crippen LogP contribution in [0.3, 0.4) is 0 Å². The lowest BCUT2D eigenvalue weighted by atomic mass is 10.1. The van der Waals surface area contributed by atoms with E-state index in [0.29, 0.717) is 11.5 Å². The Labute approximate surface area is 188 Å². The van der Waals surface area contributed by atoms with E-state index in [9.17, 15) is 4.79 Å². The summed E-state index contributed by atoms with van der Waals surface area (Å²) in [6, 6.07) is 5.34. The summed E-state index contributed by atoms with van der Waals surface area (Å²) in [5.74, 6) is 0.657. The molecule has 4 heterocycles. The first-order chi connectivity index (χ1) is 14.6. The molecule has 0 aliphatic heterocycles. The Hall–Kier alpha value is -2.78. The molecule has 8 nitrogen and oxygen atoms in total. The van der Waals surface area contributed by atoms with Crippen LogP contribution in [0.1, 0.15) is 51.1 Å². The van der Waals surface area contributed by atoms with Crippen LogP contribution in [-0.2, 0) is 11.3 Å². The number of carbonyl (C=O) groups is 1. The lowest BCUT2D eigenvalue weighted by Crippen LogP contribution is -2.37. The zero-order valence-corrected chi connectivity index (χ0v) is 19.5. The third-order valence-electron chi connectivity index (χ3n) is 4.47. The molecule has 4 aromatic heterocycles. The number of rotatable bonds is 4. The van der Waals surface area contributed by atoms with Gasteiger partial charge in [-0.05, 0) is 38.8 Å². The standard InChI is InChI=1S/C21H23ClN6O2S/c1-12(2)13-10-24-28-17(9-15(22)26-18(13)28)27(20(29)30-21(3,4)5)11-16-25-14-7-6-8-23-19(14)31-16/h6-10,12H,11H2,1-5H3. The van der Waals surface area contributed by atoms with Crippen LogP contribution in [0.4, 0.5) is 10.6 Å². The van der Waals surface area contributed by atoms with E-state index in [1.807, 2.05) is 32.9 Å². The predicted octanol–water partition coefficient (Wildman–Crippen LogP) is 5.45. The number of hydrogen-bond donors (Lipinski definition) is 0. The highest BCUT2D eigenvalue weighted by Crippen LogP contribution is 2.29. The topological polar surface area (TPSA) is 85.5 Å². The molecule has 0 bridgehead atoms. The molecule has 4 aromatic rings. The first-order valence-electron chi connectivity index (χ1n) is 9.87. The molecule has 0 atom stereocenters. The monoisotopic (exact) mass is 458 g/mol. The van der Waals surface area contributed by atoms with Crippen LogP contribution in [0.5, 0.6) is 0 Å². The molecule has 4 rings (SSSR count). The lowest BCUT2D eigenvalue weighted by molar-refractivity contribution is 0.0575. The van der Waals surface area contributed by atoms with Crippen LogP contribution in [0.15, 0.2) is 30.6 Å². The van der Waals surface area contributed by atoms with Gasteiger partial charge in [-0.15, -0.1) is 0 Å². The van der Waals surface area contributed by atoms with E-state index in [0.717, 1.165) is 20.9 Å². The van der Waals surface area contributed by atoms with Gasteiger partial charge >= 0.3 is 6.09 Å². The van der Waals surface area contributed by atoms with Crippen molar-refractivity contribution < 1.29 is 9.53 Å².